The molecular weight excluding hydrogens is 598 g/mol. The zero-order valence-corrected chi connectivity index (χ0v) is 31.6. The summed E-state index contributed by atoms with van der Waals surface area (Å²) < 4.78 is 0. The van der Waals surface area contributed by atoms with Crippen LogP contribution in [-0.4, -0.2) is 90.8 Å². The van der Waals surface area contributed by atoms with Crippen LogP contribution in [0, 0.1) is 25.2 Å². The Kier molecular flexibility index (Phi) is 13.2. The standard InChI is InChI=1S/C40H61N5O3/c1-27(2)33(25-30(5)37(47)45-20-18-44(19-21-45)26-31-16-14-13-15-17-31)43(12)38(48)35(39(6,7)8)42-36(46)34(41-11)40(9,10)32-23-28(3)22-29(4)24-32/h13-17,22-25,27,33-35,41H,18-21,26H2,1-12H3,(H,42,46)/b30-25+/t33-,34+,35-/m0/s1. The number of piperazine rings is 1. The second-order valence-electron chi connectivity index (χ2n) is 15.7. The molecule has 1 heterocycles. The number of aryl methyl sites for hydroxylation is 2. The Morgan fingerprint density at radius 2 is 1.46 bits per heavy atom. The van der Waals surface area contributed by atoms with Crippen molar-refractivity contribution in [3.8, 4) is 0 Å². The summed E-state index contributed by atoms with van der Waals surface area (Å²) in [7, 11) is 3.57. The quantitative estimate of drug-likeness (QED) is 0.295. The highest BCUT2D eigenvalue weighted by Gasteiger charge is 2.42. The molecule has 1 fully saturated rings. The summed E-state index contributed by atoms with van der Waals surface area (Å²) in [5.41, 5.74) is 4.16. The van der Waals surface area contributed by atoms with Gasteiger partial charge in [0.25, 0.3) is 0 Å². The summed E-state index contributed by atoms with van der Waals surface area (Å²) in [6.07, 6.45) is 1.93. The van der Waals surface area contributed by atoms with Crippen molar-refractivity contribution in [2.45, 2.75) is 99.3 Å². The van der Waals surface area contributed by atoms with Crippen molar-refractivity contribution >= 4 is 17.7 Å². The lowest BCUT2D eigenvalue weighted by atomic mass is 9.76. The Bertz CT molecular complexity index is 1410. The summed E-state index contributed by atoms with van der Waals surface area (Å²) in [6, 6.07) is 15.1. The van der Waals surface area contributed by atoms with Crippen molar-refractivity contribution in [1.82, 2.24) is 25.3 Å². The van der Waals surface area contributed by atoms with Gasteiger partial charge in [0.15, 0.2) is 0 Å². The van der Waals surface area contributed by atoms with E-state index in [1.807, 2.05) is 44.7 Å². The number of benzene rings is 2. The molecule has 2 aromatic carbocycles. The molecule has 8 nitrogen and oxygen atoms in total. The third-order valence-electron chi connectivity index (χ3n) is 9.78. The minimum Gasteiger partial charge on any atom is -0.342 e. The van der Waals surface area contributed by atoms with Crippen molar-refractivity contribution < 1.29 is 14.4 Å². The third-order valence-corrected chi connectivity index (χ3v) is 9.78. The molecule has 8 heteroatoms. The predicted molar refractivity (Wildman–Crippen MR) is 197 cm³/mol. The fourth-order valence-electron chi connectivity index (χ4n) is 6.84. The first-order valence-corrected chi connectivity index (χ1v) is 17.4. The molecule has 48 heavy (non-hydrogen) atoms. The summed E-state index contributed by atoms with van der Waals surface area (Å²) in [4.78, 5) is 47.9. The third kappa shape index (κ3) is 9.79. The maximum atomic E-state index is 14.3. The van der Waals surface area contributed by atoms with Gasteiger partial charge in [0, 0.05) is 50.8 Å². The van der Waals surface area contributed by atoms with Crippen LogP contribution in [-0.2, 0) is 26.3 Å². The Balaban J connectivity index is 1.75. The number of nitrogens with one attached hydrogen (secondary N) is 2. The molecule has 3 amide bonds. The Morgan fingerprint density at radius 1 is 0.896 bits per heavy atom. The fraction of sp³-hybridized carbons (Fsp3) is 0.575. The normalized spacial score (nSPS) is 16.8. The van der Waals surface area contributed by atoms with Crippen LogP contribution in [0.4, 0.5) is 0 Å². The van der Waals surface area contributed by atoms with Crippen LogP contribution < -0.4 is 10.6 Å². The molecule has 1 aliphatic rings. The van der Waals surface area contributed by atoms with E-state index in [9.17, 15) is 14.4 Å². The molecule has 2 aromatic rings. The van der Waals surface area contributed by atoms with Gasteiger partial charge >= 0.3 is 0 Å². The molecule has 0 aromatic heterocycles. The Labute approximate surface area is 290 Å². The zero-order chi connectivity index (χ0) is 36.0. The molecule has 3 rings (SSSR count). The Morgan fingerprint density at radius 3 is 1.96 bits per heavy atom. The second-order valence-corrected chi connectivity index (χ2v) is 15.7. The first-order valence-electron chi connectivity index (χ1n) is 17.4. The molecule has 1 aliphatic heterocycles. The van der Waals surface area contributed by atoms with E-state index in [-0.39, 0.29) is 29.7 Å². The van der Waals surface area contributed by atoms with E-state index in [0.29, 0.717) is 18.7 Å². The number of nitrogens with zero attached hydrogens (tertiary/aromatic N) is 3. The lowest BCUT2D eigenvalue weighted by Crippen LogP contribution is -2.61. The van der Waals surface area contributed by atoms with E-state index >= 15 is 0 Å². The Hall–Kier alpha value is -3.49. The number of hydrogen-bond donors (Lipinski definition) is 2. The van der Waals surface area contributed by atoms with E-state index in [0.717, 1.165) is 36.3 Å². The van der Waals surface area contributed by atoms with Crippen molar-refractivity contribution in [2.24, 2.45) is 11.3 Å². The maximum Gasteiger partial charge on any atom is 0.249 e. The lowest BCUT2D eigenvalue weighted by molar-refractivity contribution is -0.141. The van der Waals surface area contributed by atoms with Gasteiger partial charge in [-0.2, -0.15) is 0 Å². The molecule has 0 saturated carbocycles. The number of rotatable bonds is 12. The van der Waals surface area contributed by atoms with Gasteiger partial charge in [0.1, 0.15) is 6.04 Å². The molecule has 1 saturated heterocycles. The van der Waals surface area contributed by atoms with Gasteiger partial charge in [-0.1, -0.05) is 114 Å². The SMILES string of the molecule is CN[C@H](C(=O)N[C@@H](C(=O)N(C)[C@@H](/C=C(\C)C(=O)N1CCN(Cc2ccccc2)CC1)C(C)C)C(C)(C)C)C(C)(C)c1cc(C)cc(C)c1. The fourth-order valence-corrected chi connectivity index (χ4v) is 6.84. The second kappa shape index (κ2) is 16.3. The molecule has 0 unspecified atom stereocenters. The van der Waals surface area contributed by atoms with Gasteiger partial charge in [-0.25, -0.2) is 0 Å². The monoisotopic (exact) mass is 659 g/mol. The van der Waals surface area contributed by atoms with Crippen molar-refractivity contribution in [2.75, 3.05) is 40.3 Å². The van der Waals surface area contributed by atoms with Crippen LogP contribution >= 0.6 is 0 Å². The van der Waals surface area contributed by atoms with Gasteiger partial charge in [0.05, 0.1) is 12.1 Å². The van der Waals surface area contributed by atoms with Crippen LogP contribution in [0.2, 0.25) is 0 Å². The van der Waals surface area contributed by atoms with Crippen LogP contribution in [0.3, 0.4) is 0 Å². The number of likely N-dealkylation sites (N-methyl/N-ethyl adjacent to an activating group) is 2. The smallest absolute Gasteiger partial charge is 0.249 e. The predicted octanol–water partition coefficient (Wildman–Crippen LogP) is 5.47. The summed E-state index contributed by atoms with van der Waals surface area (Å²) >= 11 is 0. The van der Waals surface area contributed by atoms with Gasteiger partial charge in [0.2, 0.25) is 17.7 Å². The largest absolute Gasteiger partial charge is 0.342 e. The highest BCUT2D eigenvalue weighted by atomic mass is 16.2. The number of carbonyl (C=O) groups is 3. The maximum absolute atomic E-state index is 14.3. The minimum atomic E-state index is -0.774. The summed E-state index contributed by atoms with van der Waals surface area (Å²) in [6.45, 7) is 24.0. The minimum absolute atomic E-state index is 0.00649. The molecule has 0 spiro atoms. The van der Waals surface area contributed by atoms with Crippen LogP contribution in [0.1, 0.15) is 77.6 Å². The first kappa shape index (κ1) is 39.0. The van der Waals surface area contributed by atoms with Gasteiger partial charge in [-0.05, 0) is 50.3 Å². The molecule has 0 radical (unpaired) electrons. The lowest BCUT2D eigenvalue weighted by Gasteiger charge is -2.40. The summed E-state index contributed by atoms with van der Waals surface area (Å²) in [5.74, 6) is -0.348. The van der Waals surface area contributed by atoms with E-state index in [1.165, 1.54) is 5.56 Å². The first-order chi connectivity index (χ1) is 22.4. The van der Waals surface area contributed by atoms with Gasteiger partial charge in [-0.3, -0.25) is 19.3 Å². The van der Waals surface area contributed by atoms with Crippen molar-refractivity contribution in [1.29, 1.82) is 0 Å². The number of hydrogen-bond acceptors (Lipinski definition) is 5. The van der Waals surface area contributed by atoms with Crippen molar-refractivity contribution in [3.05, 3.63) is 82.4 Å². The average Bonchev–Trinajstić information content (AvgIpc) is 3.01. The highest BCUT2D eigenvalue weighted by molar-refractivity contribution is 5.94. The number of amides is 3. The average molecular weight is 660 g/mol. The van der Waals surface area contributed by atoms with Gasteiger partial charge in [-0.15, -0.1) is 0 Å². The molecule has 0 bridgehead atoms. The van der Waals surface area contributed by atoms with E-state index < -0.39 is 22.9 Å². The van der Waals surface area contributed by atoms with Crippen LogP contribution in [0.5, 0.6) is 0 Å². The zero-order valence-electron chi connectivity index (χ0n) is 31.6. The van der Waals surface area contributed by atoms with E-state index in [2.05, 4.69) is 99.5 Å². The van der Waals surface area contributed by atoms with E-state index in [4.69, 9.17) is 0 Å². The van der Waals surface area contributed by atoms with E-state index in [1.54, 1.807) is 19.0 Å². The molecule has 3 atom stereocenters. The van der Waals surface area contributed by atoms with Crippen molar-refractivity contribution in [3.63, 3.8) is 0 Å². The topological polar surface area (TPSA) is 85.0 Å². The highest BCUT2D eigenvalue weighted by Crippen LogP contribution is 2.30. The number of carbonyl (C=O) groups excluding carboxylic acids is 3. The molecule has 264 valence electrons. The van der Waals surface area contributed by atoms with Crippen LogP contribution in [0.25, 0.3) is 0 Å². The molecule has 2 N–H and O–H groups in total. The molecular formula is C40H61N5O3. The summed E-state index contributed by atoms with van der Waals surface area (Å²) in [5, 5.41) is 6.38. The van der Waals surface area contributed by atoms with Gasteiger partial charge < -0.3 is 20.4 Å². The molecule has 0 aliphatic carbocycles. The van der Waals surface area contributed by atoms with Crippen LogP contribution in [0.15, 0.2) is 60.2 Å².